The van der Waals surface area contributed by atoms with Crippen LogP contribution in [-0.4, -0.2) is 39.8 Å². The number of nitrogens with one attached hydrogen (secondary N) is 1. The van der Waals surface area contributed by atoms with Crippen molar-refractivity contribution in [3.8, 4) is 0 Å². The second-order valence-corrected chi connectivity index (χ2v) is 6.79. The first-order chi connectivity index (χ1) is 13.2. The number of pyridine rings is 1. The summed E-state index contributed by atoms with van der Waals surface area (Å²) < 4.78 is 43.9. The normalized spacial score (nSPS) is 11.6. The van der Waals surface area contributed by atoms with Gasteiger partial charge in [-0.2, -0.15) is 18.3 Å². The fourth-order valence-electron chi connectivity index (χ4n) is 2.62. The molecule has 0 spiro atoms. The molecule has 0 aliphatic rings. The molecule has 1 N–H and O–H groups in total. The third-order valence-electron chi connectivity index (χ3n) is 3.94. The van der Waals surface area contributed by atoms with Gasteiger partial charge >= 0.3 is 12.1 Å². The fourth-order valence-corrected chi connectivity index (χ4v) is 3.58. The maximum atomic E-state index is 13.1. The van der Waals surface area contributed by atoms with Crippen LogP contribution in [0.5, 0.6) is 0 Å². The maximum absolute atomic E-state index is 13.1. The molecule has 3 rings (SSSR count). The fraction of sp³-hybridized carbons (Fsp3) is 0.222. The monoisotopic (exact) mass is 409 g/mol. The smallest absolute Gasteiger partial charge is 0.433 e. The van der Waals surface area contributed by atoms with Crippen LogP contribution in [0.25, 0.3) is 10.9 Å². The van der Waals surface area contributed by atoms with Crippen LogP contribution >= 0.6 is 11.8 Å². The summed E-state index contributed by atoms with van der Waals surface area (Å²) in [7, 11) is 1.12. The lowest BCUT2D eigenvalue weighted by Gasteiger charge is -2.13. The predicted molar refractivity (Wildman–Crippen MR) is 96.5 cm³/mol. The number of rotatable bonds is 5. The zero-order valence-corrected chi connectivity index (χ0v) is 15.6. The Hall–Kier alpha value is -2.88. The Bertz CT molecular complexity index is 1060. The number of fused-ring (bicyclic) bond motifs is 1. The van der Waals surface area contributed by atoms with Gasteiger partial charge in [0.15, 0.2) is 5.78 Å². The zero-order valence-electron chi connectivity index (χ0n) is 14.8. The highest BCUT2D eigenvalue weighted by atomic mass is 32.2. The van der Waals surface area contributed by atoms with Crippen molar-refractivity contribution in [3.05, 3.63) is 52.8 Å². The first kappa shape index (κ1) is 19.9. The SMILES string of the molecule is COC(=O)c1c(C)cc(C(F)(F)F)nc1SCC(=O)c1n[nH]c2ccccc12. The minimum atomic E-state index is -4.68. The number of Topliss-reactive ketones (excluding diaryl/α,β-unsaturated/α-hetero) is 1. The number of thioether (sulfide) groups is 1. The Morgan fingerprint density at radius 2 is 1.96 bits per heavy atom. The summed E-state index contributed by atoms with van der Waals surface area (Å²) in [5.74, 6) is -1.47. The van der Waals surface area contributed by atoms with Crippen molar-refractivity contribution in [2.24, 2.45) is 0 Å². The molecular weight excluding hydrogens is 395 g/mol. The van der Waals surface area contributed by atoms with Crippen LogP contribution in [0.3, 0.4) is 0 Å². The quantitative estimate of drug-likeness (QED) is 0.389. The molecular formula is C18H14F3N3O3S. The van der Waals surface area contributed by atoms with E-state index in [1.54, 1.807) is 24.3 Å². The number of halogens is 3. The second-order valence-electron chi connectivity index (χ2n) is 5.82. The number of alkyl halides is 3. The molecule has 28 heavy (non-hydrogen) atoms. The van der Waals surface area contributed by atoms with Crippen molar-refractivity contribution in [3.63, 3.8) is 0 Å². The number of methoxy groups -OCH3 is 1. The number of hydrogen-bond donors (Lipinski definition) is 1. The largest absolute Gasteiger partial charge is 0.465 e. The van der Waals surface area contributed by atoms with E-state index in [2.05, 4.69) is 19.9 Å². The van der Waals surface area contributed by atoms with Gasteiger partial charge in [0.2, 0.25) is 0 Å². The van der Waals surface area contributed by atoms with E-state index in [1.807, 2.05) is 0 Å². The Labute approximate surface area is 161 Å². The molecule has 0 amide bonds. The minimum absolute atomic E-state index is 0.0642. The van der Waals surface area contributed by atoms with Gasteiger partial charge in [-0.15, -0.1) is 0 Å². The van der Waals surface area contributed by atoms with E-state index in [0.29, 0.717) is 10.9 Å². The average molecular weight is 409 g/mol. The molecule has 2 heterocycles. The summed E-state index contributed by atoms with van der Waals surface area (Å²) in [6, 6.07) is 7.76. The average Bonchev–Trinajstić information content (AvgIpc) is 3.08. The van der Waals surface area contributed by atoms with Crippen molar-refractivity contribution in [1.29, 1.82) is 0 Å². The third kappa shape index (κ3) is 3.86. The number of carbonyl (C=O) groups excluding carboxylic acids is 2. The van der Waals surface area contributed by atoms with E-state index in [9.17, 15) is 22.8 Å². The van der Waals surface area contributed by atoms with E-state index >= 15 is 0 Å². The van der Waals surface area contributed by atoms with Gasteiger partial charge in [-0.05, 0) is 24.6 Å². The number of aromatic nitrogens is 3. The molecule has 0 aliphatic carbocycles. The molecule has 3 aromatic rings. The Balaban J connectivity index is 1.93. The number of ketones is 1. The molecule has 0 atom stereocenters. The first-order valence-corrected chi connectivity index (χ1v) is 8.97. The molecule has 0 fully saturated rings. The van der Waals surface area contributed by atoms with E-state index in [-0.39, 0.29) is 27.6 Å². The highest BCUT2D eigenvalue weighted by molar-refractivity contribution is 8.00. The lowest BCUT2D eigenvalue weighted by atomic mass is 10.1. The lowest BCUT2D eigenvalue weighted by Crippen LogP contribution is -2.15. The molecule has 0 saturated carbocycles. The first-order valence-electron chi connectivity index (χ1n) is 7.98. The van der Waals surface area contributed by atoms with Gasteiger partial charge in [-0.1, -0.05) is 30.0 Å². The van der Waals surface area contributed by atoms with Crippen molar-refractivity contribution in [2.75, 3.05) is 12.9 Å². The number of benzene rings is 1. The number of hydrogen-bond acceptors (Lipinski definition) is 6. The van der Waals surface area contributed by atoms with Crippen LogP contribution in [0.4, 0.5) is 13.2 Å². The Morgan fingerprint density at radius 1 is 1.25 bits per heavy atom. The standard InChI is InChI=1S/C18H14F3N3O3S/c1-9-7-13(18(19,20)21)22-16(14(9)17(26)27-2)28-8-12(25)15-10-5-3-4-6-11(10)23-24-15/h3-7H,8H2,1-2H3,(H,23,24). The number of ether oxygens (including phenoxy) is 1. The molecule has 0 unspecified atom stereocenters. The van der Waals surface area contributed by atoms with Crippen molar-refractivity contribution in [2.45, 2.75) is 18.1 Å². The molecule has 0 bridgehead atoms. The molecule has 1 aromatic carbocycles. The van der Waals surface area contributed by atoms with Gasteiger partial charge in [0.1, 0.15) is 16.4 Å². The number of nitrogens with zero attached hydrogens (tertiary/aromatic N) is 2. The van der Waals surface area contributed by atoms with E-state index < -0.39 is 23.6 Å². The molecule has 146 valence electrons. The topological polar surface area (TPSA) is 84.9 Å². The van der Waals surface area contributed by atoms with E-state index in [4.69, 9.17) is 0 Å². The third-order valence-corrected chi connectivity index (χ3v) is 4.91. The number of H-pyrrole nitrogens is 1. The molecule has 6 nitrogen and oxygen atoms in total. The summed E-state index contributed by atoms with van der Waals surface area (Å²) in [6.45, 7) is 1.36. The highest BCUT2D eigenvalue weighted by Gasteiger charge is 2.35. The number of carbonyl (C=O) groups is 2. The number of aryl methyl sites for hydroxylation is 1. The Kier molecular flexibility index (Phi) is 5.41. The minimum Gasteiger partial charge on any atom is -0.465 e. The highest BCUT2D eigenvalue weighted by Crippen LogP contribution is 2.33. The van der Waals surface area contributed by atoms with Gasteiger partial charge in [0.25, 0.3) is 0 Å². The summed E-state index contributed by atoms with van der Waals surface area (Å²) in [5.41, 5.74) is -0.335. The van der Waals surface area contributed by atoms with Crippen molar-refractivity contribution >= 4 is 34.4 Å². The van der Waals surface area contributed by atoms with Crippen molar-refractivity contribution < 1.29 is 27.5 Å². The summed E-state index contributed by atoms with van der Waals surface area (Å²) in [4.78, 5) is 28.1. The van der Waals surface area contributed by atoms with Crippen LogP contribution < -0.4 is 0 Å². The maximum Gasteiger partial charge on any atom is 0.433 e. The van der Waals surface area contributed by atoms with Crippen LogP contribution in [-0.2, 0) is 10.9 Å². The summed E-state index contributed by atoms with van der Waals surface area (Å²) in [6.07, 6.45) is -4.68. The van der Waals surface area contributed by atoms with Gasteiger partial charge in [0.05, 0.1) is 23.9 Å². The number of esters is 1. The van der Waals surface area contributed by atoms with Crippen LogP contribution in [0.15, 0.2) is 35.4 Å². The predicted octanol–water partition coefficient (Wildman–Crippen LogP) is 4.05. The molecule has 2 aromatic heterocycles. The van der Waals surface area contributed by atoms with Gasteiger partial charge < -0.3 is 4.74 Å². The Morgan fingerprint density at radius 3 is 2.64 bits per heavy atom. The van der Waals surface area contributed by atoms with E-state index in [1.165, 1.54) is 6.92 Å². The number of para-hydroxylation sites is 1. The zero-order chi connectivity index (χ0) is 20.5. The van der Waals surface area contributed by atoms with Crippen molar-refractivity contribution in [1.82, 2.24) is 15.2 Å². The van der Waals surface area contributed by atoms with E-state index in [0.717, 1.165) is 24.9 Å². The second kappa shape index (κ2) is 7.63. The molecule has 0 saturated heterocycles. The molecule has 10 heteroatoms. The van der Waals surface area contributed by atoms with Gasteiger partial charge in [0, 0.05) is 5.39 Å². The van der Waals surface area contributed by atoms with Crippen LogP contribution in [0.2, 0.25) is 0 Å². The molecule has 0 aliphatic heterocycles. The molecule has 0 radical (unpaired) electrons. The lowest BCUT2D eigenvalue weighted by molar-refractivity contribution is -0.141. The van der Waals surface area contributed by atoms with Crippen LogP contribution in [0, 0.1) is 6.92 Å². The van der Waals surface area contributed by atoms with Gasteiger partial charge in [-0.3, -0.25) is 9.89 Å². The van der Waals surface area contributed by atoms with Crippen LogP contribution in [0.1, 0.15) is 32.1 Å². The summed E-state index contributed by atoms with van der Waals surface area (Å²) in [5, 5.41) is 7.09. The summed E-state index contributed by atoms with van der Waals surface area (Å²) >= 11 is 0.735. The van der Waals surface area contributed by atoms with Gasteiger partial charge in [-0.25, -0.2) is 9.78 Å². The number of aromatic amines is 1.